The molecule has 30 heavy (non-hydrogen) atoms. The number of aryl methyl sites for hydroxylation is 2. The summed E-state index contributed by atoms with van der Waals surface area (Å²) < 4.78 is 9.95. The Kier molecular flexibility index (Phi) is 7.81. The fourth-order valence-electron chi connectivity index (χ4n) is 3.04. The highest BCUT2D eigenvalue weighted by atomic mass is 16.5. The van der Waals surface area contributed by atoms with Gasteiger partial charge in [0.25, 0.3) is 0 Å². The van der Waals surface area contributed by atoms with Crippen LogP contribution in [0.5, 0.6) is 0 Å². The number of esters is 2. The number of carbonyl (C=O) groups excluding carboxylic acids is 2. The van der Waals surface area contributed by atoms with Gasteiger partial charge >= 0.3 is 11.9 Å². The van der Waals surface area contributed by atoms with Crippen LogP contribution < -0.4 is 11.5 Å². The van der Waals surface area contributed by atoms with Crippen LogP contribution in [0.15, 0.2) is 48.6 Å². The summed E-state index contributed by atoms with van der Waals surface area (Å²) in [6, 6.07) is 11.5. The van der Waals surface area contributed by atoms with Gasteiger partial charge < -0.3 is 20.9 Å². The second kappa shape index (κ2) is 10.3. The van der Waals surface area contributed by atoms with Gasteiger partial charge in [0.05, 0.1) is 13.2 Å². The molecule has 0 aromatic heterocycles. The first-order valence-electron chi connectivity index (χ1n) is 9.77. The molecule has 158 valence electrons. The maximum Gasteiger partial charge on any atom is 0.332 e. The number of rotatable bonds is 7. The number of hydrogen-bond acceptors (Lipinski definition) is 6. The SMILES string of the molecule is CCOC(=O)/C=C(\N)c1ccc(C)cc1-c1cc(C)ccc1/C(N)=C/C(=O)OCC. The van der Waals surface area contributed by atoms with E-state index in [4.69, 9.17) is 20.9 Å². The van der Waals surface area contributed by atoms with E-state index in [0.717, 1.165) is 22.3 Å². The van der Waals surface area contributed by atoms with Crippen molar-refractivity contribution in [2.75, 3.05) is 13.2 Å². The van der Waals surface area contributed by atoms with Crippen molar-refractivity contribution in [1.29, 1.82) is 0 Å². The second-order valence-corrected chi connectivity index (χ2v) is 6.80. The minimum atomic E-state index is -0.507. The van der Waals surface area contributed by atoms with Crippen LogP contribution in [0.2, 0.25) is 0 Å². The van der Waals surface area contributed by atoms with Gasteiger partial charge in [0, 0.05) is 34.7 Å². The highest BCUT2D eigenvalue weighted by Crippen LogP contribution is 2.34. The minimum Gasteiger partial charge on any atom is -0.463 e. The van der Waals surface area contributed by atoms with Crippen LogP contribution >= 0.6 is 0 Å². The molecule has 0 saturated heterocycles. The lowest BCUT2D eigenvalue weighted by atomic mass is 9.90. The summed E-state index contributed by atoms with van der Waals surface area (Å²) in [5, 5.41) is 0. The molecule has 6 nitrogen and oxygen atoms in total. The van der Waals surface area contributed by atoms with E-state index in [2.05, 4.69) is 0 Å². The molecule has 0 fully saturated rings. The van der Waals surface area contributed by atoms with Crippen molar-refractivity contribution < 1.29 is 19.1 Å². The van der Waals surface area contributed by atoms with Crippen LogP contribution in [-0.2, 0) is 19.1 Å². The molecular weight excluding hydrogens is 380 g/mol. The molecule has 0 bridgehead atoms. The monoisotopic (exact) mass is 408 g/mol. The van der Waals surface area contributed by atoms with Crippen molar-refractivity contribution in [3.8, 4) is 11.1 Å². The Balaban J connectivity index is 2.67. The molecule has 0 atom stereocenters. The molecule has 0 saturated carbocycles. The van der Waals surface area contributed by atoms with Crippen LogP contribution in [0.25, 0.3) is 22.5 Å². The zero-order chi connectivity index (χ0) is 22.3. The van der Waals surface area contributed by atoms with E-state index in [9.17, 15) is 9.59 Å². The third-order valence-corrected chi connectivity index (χ3v) is 4.38. The highest BCUT2D eigenvalue weighted by molar-refractivity contribution is 5.97. The van der Waals surface area contributed by atoms with Crippen molar-refractivity contribution in [1.82, 2.24) is 0 Å². The molecule has 0 aliphatic carbocycles. The topological polar surface area (TPSA) is 105 Å². The summed E-state index contributed by atoms with van der Waals surface area (Å²) in [4.78, 5) is 23.8. The van der Waals surface area contributed by atoms with Gasteiger partial charge in [-0.3, -0.25) is 0 Å². The second-order valence-electron chi connectivity index (χ2n) is 6.80. The average Bonchev–Trinajstić information content (AvgIpc) is 2.67. The van der Waals surface area contributed by atoms with Gasteiger partial charge in [-0.05, 0) is 38.8 Å². The lowest BCUT2D eigenvalue weighted by Gasteiger charge is -2.16. The van der Waals surface area contributed by atoms with E-state index in [1.54, 1.807) is 13.8 Å². The largest absolute Gasteiger partial charge is 0.463 e. The van der Waals surface area contributed by atoms with E-state index in [-0.39, 0.29) is 24.6 Å². The zero-order valence-corrected chi connectivity index (χ0v) is 17.8. The highest BCUT2D eigenvalue weighted by Gasteiger charge is 2.15. The van der Waals surface area contributed by atoms with Crippen molar-refractivity contribution in [3.63, 3.8) is 0 Å². The Bertz CT molecular complexity index is 925. The molecule has 2 rings (SSSR count). The van der Waals surface area contributed by atoms with E-state index in [0.29, 0.717) is 11.1 Å². The Hall–Kier alpha value is -3.54. The summed E-state index contributed by atoms with van der Waals surface area (Å²) >= 11 is 0. The average molecular weight is 408 g/mol. The van der Waals surface area contributed by atoms with Crippen LogP contribution in [0, 0.1) is 13.8 Å². The van der Waals surface area contributed by atoms with E-state index in [1.807, 2.05) is 50.2 Å². The van der Waals surface area contributed by atoms with Crippen LogP contribution in [0.1, 0.15) is 36.1 Å². The molecule has 2 aromatic carbocycles. The summed E-state index contributed by atoms with van der Waals surface area (Å²) in [5.41, 5.74) is 18.0. The van der Waals surface area contributed by atoms with Gasteiger partial charge in [0.1, 0.15) is 0 Å². The fourth-order valence-corrected chi connectivity index (χ4v) is 3.04. The fraction of sp³-hybridized carbons (Fsp3) is 0.250. The van der Waals surface area contributed by atoms with Gasteiger partial charge in [0.15, 0.2) is 0 Å². The Morgan fingerprint density at radius 3 is 1.47 bits per heavy atom. The Morgan fingerprint density at radius 1 is 0.767 bits per heavy atom. The first-order chi connectivity index (χ1) is 14.3. The predicted octanol–water partition coefficient (Wildman–Crippen LogP) is 3.70. The van der Waals surface area contributed by atoms with Gasteiger partial charge in [-0.1, -0.05) is 47.5 Å². The lowest BCUT2D eigenvalue weighted by molar-refractivity contribution is -0.138. The molecule has 0 amide bonds. The maximum atomic E-state index is 11.9. The molecule has 2 aromatic rings. The van der Waals surface area contributed by atoms with Gasteiger partial charge in [-0.15, -0.1) is 0 Å². The van der Waals surface area contributed by atoms with E-state index in [1.165, 1.54) is 12.2 Å². The number of carbonyl (C=O) groups is 2. The standard InChI is InChI=1S/C24H28N2O4/c1-5-29-23(27)13-21(25)17-9-7-15(3)11-19(17)20-12-16(4)8-10-18(20)22(26)14-24(28)30-6-2/h7-14H,5-6,25-26H2,1-4H3/b21-13-,22-14-. The van der Waals surface area contributed by atoms with E-state index < -0.39 is 11.9 Å². The molecule has 0 unspecified atom stereocenters. The Morgan fingerprint density at radius 2 is 1.13 bits per heavy atom. The molecule has 6 heteroatoms. The van der Waals surface area contributed by atoms with Crippen LogP contribution in [0.4, 0.5) is 0 Å². The summed E-state index contributed by atoms with van der Waals surface area (Å²) in [7, 11) is 0. The number of ether oxygens (including phenoxy) is 2. The van der Waals surface area contributed by atoms with Crippen LogP contribution in [-0.4, -0.2) is 25.2 Å². The quantitative estimate of drug-likeness (QED) is 0.535. The molecule has 0 aliphatic heterocycles. The zero-order valence-electron chi connectivity index (χ0n) is 17.8. The van der Waals surface area contributed by atoms with Crippen molar-refractivity contribution in [2.24, 2.45) is 11.5 Å². The summed E-state index contributed by atoms with van der Waals surface area (Å²) in [5.74, 6) is -1.01. The number of hydrogen-bond donors (Lipinski definition) is 2. The Labute approximate surface area is 177 Å². The first kappa shape index (κ1) is 22.7. The summed E-state index contributed by atoms with van der Waals surface area (Å²) in [6.45, 7) is 7.92. The normalized spacial score (nSPS) is 11.9. The van der Waals surface area contributed by atoms with Gasteiger partial charge in [0.2, 0.25) is 0 Å². The molecule has 0 spiro atoms. The first-order valence-corrected chi connectivity index (χ1v) is 9.77. The van der Waals surface area contributed by atoms with Crippen LogP contribution in [0.3, 0.4) is 0 Å². The predicted molar refractivity (Wildman–Crippen MR) is 119 cm³/mol. The molecule has 4 N–H and O–H groups in total. The van der Waals surface area contributed by atoms with Gasteiger partial charge in [-0.25, -0.2) is 9.59 Å². The number of nitrogens with two attached hydrogens (primary N) is 2. The molecule has 0 heterocycles. The maximum absolute atomic E-state index is 11.9. The smallest absolute Gasteiger partial charge is 0.332 e. The van der Waals surface area contributed by atoms with Crippen molar-refractivity contribution >= 4 is 23.3 Å². The molecular formula is C24H28N2O4. The molecule has 0 aliphatic rings. The van der Waals surface area contributed by atoms with Crippen molar-refractivity contribution in [3.05, 3.63) is 70.8 Å². The van der Waals surface area contributed by atoms with Gasteiger partial charge in [-0.2, -0.15) is 0 Å². The van der Waals surface area contributed by atoms with E-state index >= 15 is 0 Å². The lowest BCUT2D eigenvalue weighted by Crippen LogP contribution is -2.08. The third-order valence-electron chi connectivity index (χ3n) is 4.38. The number of benzene rings is 2. The molecule has 0 radical (unpaired) electrons. The summed E-state index contributed by atoms with van der Waals surface area (Å²) in [6.07, 6.45) is 2.54. The van der Waals surface area contributed by atoms with Crippen molar-refractivity contribution in [2.45, 2.75) is 27.7 Å². The minimum absolute atomic E-state index is 0.264. The third kappa shape index (κ3) is 5.73.